The normalized spacial score (nSPS) is 27.7. The molecule has 0 N–H and O–H groups in total. The van der Waals surface area contributed by atoms with Gasteiger partial charge in [0.1, 0.15) is 5.75 Å². The topological polar surface area (TPSA) is 9.23 Å². The highest BCUT2D eigenvalue weighted by molar-refractivity contribution is 5.27. The van der Waals surface area contributed by atoms with Crippen LogP contribution < -0.4 is 4.74 Å². The van der Waals surface area contributed by atoms with Gasteiger partial charge in [0.15, 0.2) is 0 Å². The lowest BCUT2D eigenvalue weighted by Crippen LogP contribution is -2.15. The minimum absolute atomic E-state index is 0.882. The summed E-state index contributed by atoms with van der Waals surface area (Å²) in [6.45, 7) is 5.61. The molecule has 1 nitrogen and oxygen atoms in total. The van der Waals surface area contributed by atoms with E-state index in [2.05, 4.69) is 38.1 Å². The maximum absolute atomic E-state index is 6.01. The van der Waals surface area contributed by atoms with Crippen LogP contribution in [0.1, 0.15) is 109 Å². The molecule has 29 heavy (non-hydrogen) atoms. The number of unbranched alkanes of at least 4 members (excludes halogenated alkanes) is 1. The standard InChI is InChI=1S/C28H46O/c1-3-4-6-24-12-14-26(15-13-24)16-17-27-18-20-28(21-19-27)29-22-5-7-25-10-8-23(2)9-11-25/h18-21,23-26H,3-17,22H2,1-2H3. The molecular formula is C28H46O. The second kappa shape index (κ2) is 12.7. The van der Waals surface area contributed by atoms with E-state index in [-0.39, 0.29) is 0 Å². The molecule has 0 radical (unpaired) electrons. The molecule has 0 amide bonds. The van der Waals surface area contributed by atoms with E-state index in [9.17, 15) is 0 Å². The third-order valence-electron chi connectivity index (χ3n) is 7.86. The van der Waals surface area contributed by atoms with Gasteiger partial charge in [0, 0.05) is 0 Å². The van der Waals surface area contributed by atoms with E-state index in [1.807, 2.05) is 0 Å². The van der Waals surface area contributed by atoms with Gasteiger partial charge < -0.3 is 4.74 Å². The summed E-state index contributed by atoms with van der Waals surface area (Å²) in [6.07, 6.45) is 21.1. The highest BCUT2D eigenvalue weighted by Crippen LogP contribution is 2.34. The summed E-state index contributed by atoms with van der Waals surface area (Å²) in [4.78, 5) is 0. The molecule has 0 unspecified atom stereocenters. The lowest BCUT2D eigenvalue weighted by molar-refractivity contribution is 0.244. The molecule has 0 heterocycles. The first-order valence-electron chi connectivity index (χ1n) is 12.9. The second-order valence-electron chi connectivity index (χ2n) is 10.3. The molecule has 164 valence electrons. The van der Waals surface area contributed by atoms with Crippen molar-refractivity contribution in [2.45, 2.75) is 110 Å². The molecule has 0 aromatic heterocycles. The quantitative estimate of drug-likeness (QED) is 0.339. The average Bonchev–Trinajstić information content (AvgIpc) is 2.76. The van der Waals surface area contributed by atoms with Crippen molar-refractivity contribution in [2.75, 3.05) is 6.61 Å². The average molecular weight is 399 g/mol. The number of hydrogen-bond donors (Lipinski definition) is 0. The molecular weight excluding hydrogens is 352 g/mol. The highest BCUT2D eigenvalue weighted by atomic mass is 16.5. The first kappa shape index (κ1) is 22.7. The summed E-state index contributed by atoms with van der Waals surface area (Å²) in [6, 6.07) is 8.98. The minimum atomic E-state index is 0.882. The molecule has 0 spiro atoms. The first-order chi connectivity index (χ1) is 14.2. The smallest absolute Gasteiger partial charge is 0.119 e. The molecule has 0 atom stereocenters. The van der Waals surface area contributed by atoms with Crippen LogP contribution in [0, 0.1) is 23.7 Å². The lowest BCUT2D eigenvalue weighted by Gasteiger charge is -2.28. The fourth-order valence-electron chi connectivity index (χ4n) is 5.60. The van der Waals surface area contributed by atoms with Crippen LogP contribution in [0.4, 0.5) is 0 Å². The zero-order chi connectivity index (χ0) is 20.3. The second-order valence-corrected chi connectivity index (χ2v) is 10.3. The molecule has 1 heteroatoms. The van der Waals surface area contributed by atoms with Crippen molar-refractivity contribution in [3.8, 4) is 5.75 Å². The zero-order valence-electron chi connectivity index (χ0n) is 19.3. The van der Waals surface area contributed by atoms with Crippen molar-refractivity contribution < 1.29 is 4.74 Å². The predicted molar refractivity (Wildman–Crippen MR) is 126 cm³/mol. The molecule has 2 saturated carbocycles. The molecule has 2 fully saturated rings. The summed E-state index contributed by atoms with van der Waals surface area (Å²) in [7, 11) is 0. The van der Waals surface area contributed by atoms with Crippen LogP contribution in [0.5, 0.6) is 5.75 Å². The summed E-state index contributed by atoms with van der Waals surface area (Å²) < 4.78 is 6.01. The van der Waals surface area contributed by atoms with E-state index in [0.29, 0.717) is 0 Å². The van der Waals surface area contributed by atoms with Crippen LogP contribution in [-0.4, -0.2) is 6.61 Å². The summed E-state index contributed by atoms with van der Waals surface area (Å²) >= 11 is 0. The SMILES string of the molecule is CCCCC1CCC(CCc2ccc(OCCCC3CCC(C)CC3)cc2)CC1. The Balaban J connectivity index is 1.26. The fraction of sp³-hybridized carbons (Fsp3) is 0.786. The number of rotatable bonds is 11. The number of ether oxygens (including phenoxy) is 1. The van der Waals surface area contributed by atoms with Crippen molar-refractivity contribution in [1.82, 2.24) is 0 Å². The van der Waals surface area contributed by atoms with Gasteiger partial charge in [-0.05, 0) is 67.1 Å². The minimum Gasteiger partial charge on any atom is -0.494 e. The Morgan fingerprint density at radius 2 is 1.28 bits per heavy atom. The van der Waals surface area contributed by atoms with Crippen LogP contribution in [0.25, 0.3) is 0 Å². The van der Waals surface area contributed by atoms with Crippen LogP contribution >= 0.6 is 0 Å². The number of aryl methyl sites for hydroxylation is 1. The van der Waals surface area contributed by atoms with E-state index in [1.54, 1.807) is 0 Å². The molecule has 0 saturated heterocycles. The molecule has 2 aliphatic rings. The molecule has 0 bridgehead atoms. The first-order valence-corrected chi connectivity index (χ1v) is 12.9. The molecule has 2 aliphatic carbocycles. The maximum atomic E-state index is 6.01. The fourth-order valence-corrected chi connectivity index (χ4v) is 5.60. The van der Waals surface area contributed by atoms with Gasteiger partial charge in [-0.1, -0.05) is 96.6 Å². The van der Waals surface area contributed by atoms with E-state index in [4.69, 9.17) is 4.74 Å². The summed E-state index contributed by atoms with van der Waals surface area (Å²) in [5.41, 5.74) is 1.49. The molecule has 1 aromatic rings. The predicted octanol–water partition coefficient (Wildman–Crippen LogP) is 8.60. The van der Waals surface area contributed by atoms with Gasteiger partial charge in [-0.15, -0.1) is 0 Å². The van der Waals surface area contributed by atoms with Crippen molar-refractivity contribution >= 4 is 0 Å². The zero-order valence-corrected chi connectivity index (χ0v) is 19.3. The van der Waals surface area contributed by atoms with E-state index in [1.165, 1.54) is 102 Å². The van der Waals surface area contributed by atoms with Crippen LogP contribution in [0.15, 0.2) is 24.3 Å². The molecule has 1 aromatic carbocycles. The van der Waals surface area contributed by atoms with Gasteiger partial charge in [-0.25, -0.2) is 0 Å². The molecule has 3 rings (SSSR count). The number of benzene rings is 1. The Labute approximate surface area is 181 Å². The number of hydrogen-bond acceptors (Lipinski definition) is 1. The van der Waals surface area contributed by atoms with E-state index < -0.39 is 0 Å². The Morgan fingerprint density at radius 1 is 0.724 bits per heavy atom. The summed E-state index contributed by atoms with van der Waals surface area (Å²) in [5, 5.41) is 0. The molecule has 0 aliphatic heterocycles. The van der Waals surface area contributed by atoms with Crippen LogP contribution in [0.2, 0.25) is 0 Å². The van der Waals surface area contributed by atoms with E-state index in [0.717, 1.165) is 36.0 Å². The van der Waals surface area contributed by atoms with Crippen molar-refractivity contribution in [3.05, 3.63) is 29.8 Å². The Hall–Kier alpha value is -0.980. The van der Waals surface area contributed by atoms with Gasteiger partial charge in [0.25, 0.3) is 0 Å². The lowest BCUT2D eigenvalue weighted by atomic mass is 9.78. The van der Waals surface area contributed by atoms with Crippen LogP contribution in [-0.2, 0) is 6.42 Å². The van der Waals surface area contributed by atoms with Gasteiger partial charge in [-0.3, -0.25) is 0 Å². The largest absolute Gasteiger partial charge is 0.494 e. The third-order valence-corrected chi connectivity index (χ3v) is 7.86. The Bertz CT molecular complexity index is 532. The highest BCUT2D eigenvalue weighted by Gasteiger charge is 2.20. The van der Waals surface area contributed by atoms with Crippen molar-refractivity contribution in [2.24, 2.45) is 23.7 Å². The van der Waals surface area contributed by atoms with Gasteiger partial charge in [0.05, 0.1) is 6.61 Å². The van der Waals surface area contributed by atoms with Crippen molar-refractivity contribution in [1.29, 1.82) is 0 Å². The van der Waals surface area contributed by atoms with E-state index >= 15 is 0 Å². The van der Waals surface area contributed by atoms with Gasteiger partial charge in [-0.2, -0.15) is 0 Å². The van der Waals surface area contributed by atoms with Crippen LogP contribution in [0.3, 0.4) is 0 Å². The Morgan fingerprint density at radius 3 is 1.90 bits per heavy atom. The summed E-state index contributed by atoms with van der Waals surface area (Å²) in [5.74, 6) is 4.97. The Kier molecular flexibility index (Phi) is 9.91. The van der Waals surface area contributed by atoms with Gasteiger partial charge in [0.2, 0.25) is 0 Å². The maximum Gasteiger partial charge on any atom is 0.119 e. The van der Waals surface area contributed by atoms with Gasteiger partial charge >= 0.3 is 0 Å². The monoisotopic (exact) mass is 398 g/mol. The van der Waals surface area contributed by atoms with Crippen molar-refractivity contribution in [3.63, 3.8) is 0 Å². The third kappa shape index (κ3) is 8.35.